The molecule has 0 bridgehead atoms. The van der Waals surface area contributed by atoms with Crippen molar-refractivity contribution in [2.75, 3.05) is 6.61 Å². The second kappa shape index (κ2) is 4.82. The van der Waals surface area contributed by atoms with Gasteiger partial charge in [-0.2, -0.15) is 0 Å². The van der Waals surface area contributed by atoms with E-state index in [1.54, 1.807) is 0 Å². The molecule has 1 aliphatic heterocycles. The maximum absolute atomic E-state index is 10.6. The molecule has 2 aromatic rings. The minimum atomic E-state index is -0.671. The number of benzene rings is 1. The zero-order valence-electron chi connectivity index (χ0n) is 11.9. The first-order valence-corrected chi connectivity index (χ1v) is 7.50. The molecule has 5 heteroatoms. The first-order chi connectivity index (χ1) is 9.47. The Morgan fingerprint density at radius 3 is 2.90 bits per heavy atom. The van der Waals surface area contributed by atoms with E-state index in [1.807, 2.05) is 18.2 Å². The number of aliphatic hydroxyl groups excluding tert-OH is 1. The number of aliphatic hydroxyl groups is 1. The summed E-state index contributed by atoms with van der Waals surface area (Å²) < 4.78 is 9.51. The predicted octanol–water partition coefficient (Wildman–Crippen LogP) is 2.85. The standard InChI is InChI=1S/C15H18N2O2S/c1-15(2,3)14-13(20-17-16-14)12(18)10-4-5-11-9(8-10)6-7-19-11/h4-5,8,12,18H,6-7H2,1-3H3. The van der Waals surface area contributed by atoms with E-state index in [1.165, 1.54) is 11.5 Å². The molecule has 1 aliphatic rings. The van der Waals surface area contributed by atoms with Crippen LogP contribution in [0.4, 0.5) is 0 Å². The van der Waals surface area contributed by atoms with Crippen molar-refractivity contribution in [2.45, 2.75) is 38.7 Å². The Balaban J connectivity index is 1.97. The van der Waals surface area contributed by atoms with Crippen molar-refractivity contribution in [3.05, 3.63) is 39.9 Å². The fourth-order valence-electron chi connectivity index (χ4n) is 2.42. The highest BCUT2D eigenvalue weighted by Gasteiger charge is 2.27. The average molecular weight is 290 g/mol. The van der Waals surface area contributed by atoms with E-state index in [0.717, 1.165) is 40.5 Å². The van der Waals surface area contributed by atoms with E-state index in [9.17, 15) is 5.11 Å². The summed E-state index contributed by atoms with van der Waals surface area (Å²) in [5.41, 5.74) is 2.79. The number of fused-ring (bicyclic) bond motifs is 1. The Morgan fingerprint density at radius 1 is 1.35 bits per heavy atom. The van der Waals surface area contributed by atoms with Gasteiger partial charge in [0.1, 0.15) is 11.9 Å². The summed E-state index contributed by atoms with van der Waals surface area (Å²) in [5, 5.41) is 14.8. The zero-order valence-corrected chi connectivity index (χ0v) is 12.7. The molecule has 20 heavy (non-hydrogen) atoms. The van der Waals surface area contributed by atoms with Crippen molar-refractivity contribution < 1.29 is 9.84 Å². The molecule has 0 saturated carbocycles. The molecule has 0 spiro atoms. The van der Waals surface area contributed by atoms with Crippen molar-refractivity contribution in [3.8, 4) is 5.75 Å². The summed E-state index contributed by atoms with van der Waals surface area (Å²) in [6.07, 6.45) is 0.235. The van der Waals surface area contributed by atoms with Gasteiger partial charge in [0, 0.05) is 11.8 Å². The molecule has 0 amide bonds. The Morgan fingerprint density at radius 2 is 2.15 bits per heavy atom. The summed E-state index contributed by atoms with van der Waals surface area (Å²) in [5.74, 6) is 0.930. The average Bonchev–Trinajstić information content (AvgIpc) is 3.05. The lowest BCUT2D eigenvalue weighted by atomic mass is 9.89. The van der Waals surface area contributed by atoms with Crippen LogP contribution in [0.25, 0.3) is 0 Å². The van der Waals surface area contributed by atoms with Crippen LogP contribution < -0.4 is 4.74 Å². The van der Waals surface area contributed by atoms with Crippen LogP contribution >= 0.6 is 11.5 Å². The maximum atomic E-state index is 10.6. The first-order valence-electron chi connectivity index (χ1n) is 6.73. The van der Waals surface area contributed by atoms with Crippen LogP contribution in [0.5, 0.6) is 5.75 Å². The van der Waals surface area contributed by atoms with Crippen LogP contribution in [-0.4, -0.2) is 21.3 Å². The minimum absolute atomic E-state index is 0.122. The second-order valence-electron chi connectivity index (χ2n) is 6.10. The Kier molecular flexibility index (Phi) is 3.26. The monoisotopic (exact) mass is 290 g/mol. The number of aromatic nitrogens is 2. The van der Waals surface area contributed by atoms with Crippen molar-refractivity contribution in [1.82, 2.24) is 9.59 Å². The molecule has 1 unspecified atom stereocenters. The van der Waals surface area contributed by atoms with Gasteiger partial charge >= 0.3 is 0 Å². The van der Waals surface area contributed by atoms with Gasteiger partial charge < -0.3 is 9.84 Å². The van der Waals surface area contributed by atoms with Crippen LogP contribution in [0.1, 0.15) is 48.6 Å². The van der Waals surface area contributed by atoms with Crippen LogP contribution in [0, 0.1) is 0 Å². The molecule has 0 saturated heterocycles. The molecule has 106 valence electrons. The van der Waals surface area contributed by atoms with E-state index in [-0.39, 0.29) is 5.41 Å². The number of hydrogen-bond donors (Lipinski definition) is 1. The van der Waals surface area contributed by atoms with Crippen molar-refractivity contribution in [2.24, 2.45) is 0 Å². The highest BCUT2D eigenvalue weighted by molar-refractivity contribution is 7.05. The summed E-state index contributed by atoms with van der Waals surface area (Å²) in [7, 11) is 0. The van der Waals surface area contributed by atoms with Gasteiger partial charge in [0.15, 0.2) is 0 Å². The van der Waals surface area contributed by atoms with Gasteiger partial charge in [-0.3, -0.25) is 0 Å². The molecule has 1 aromatic heterocycles. The fraction of sp³-hybridized carbons (Fsp3) is 0.467. The third-order valence-corrected chi connectivity index (χ3v) is 4.28. The van der Waals surface area contributed by atoms with Gasteiger partial charge in [-0.25, -0.2) is 0 Å². The Labute approximate surface area is 122 Å². The lowest BCUT2D eigenvalue weighted by Gasteiger charge is -2.19. The van der Waals surface area contributed by atoms with E-state index in [4.69, 9.17) is 4.74 Å². The molecule has 0 fully saturated rings. The topological polar surface area (TPSA) is 55.2 Å². The number of ether oxygens (including phenoxy) is 1. The Bertz CT molecular complexity index is 631. The quantitative estimate of drug-likeness (QED) is 0.924. The highest BCUT2D eigenvalue weighted by atomic mass is 32.1. The lowest BCUT2D eigenvalue weighted by molar-refractivity contribution is 0.221. The predicted molar refractivity (Wildman–Crippen MR) is 78.3 cm³/mol. The largest absolute Gasteiger partial charge is 0.493 e. The maximum Gasteiger partial charge on any atom is 0.122 e. The van der Waals surface area contributed by atoms with Crippen LogP contribution in [0.3, 0.4) is 0 Å². The van der Waals surface area contributed by atoms with E-state index < -0.39 is 6.10 Å². The molecule has 0 radical (unpaired) electrons. The molecule has 3 rings (SSSR count). The molecule has 4 nitrogen and oxygen atoms in total. The number of hydrogen-bond acceptors (Lipinski definition) is 5. The van der Waals surface area contributed by atoms with Crippen LogP contribution in [-0.2, 0) is 11.8 Å². The third kappa shape index (κ3) is 2.31. The molecule has 1 aromatic carbocycles. The van der Waals surface area contributed by atoms with E-state index in [2.05, 4.69) is 30.4 Å². The molecule has 0 aliphatic carbocycles. The van der Waals surface area contributed by atoms with Crippen LogP contribution in [0.2, 0.25) is 0 Å². The molecule has 2 heterocycles. The second-order valence-corrected chi connectivity index (χ2v) is 6.89. The van der Waals surface area contributed by atoms with Gasteiger partial charge in [-0.1, -0.05) is 31.3 Å². The molecular weight excluding hydrogens is 272 g/mol. The van der Waals surface area contributed by atoms with Crippen molar-refractivity contribution in [1.29, 1.82) is 0 Å². The van der Waals surface area contributed by atoms with Gasteiger partial charge in [-0.15, -0.1) is 5.10 Å². The van der Waals surface area contributed by atoms with Gasteiger partial charge in [0.25, 0.3) is 0 Å². The minimum Gasteiger partial charge on any atom is -0.493 e. The zero-order chi connectivity index (χ0) is 14.3. The van der Waals surface area contributed by atoms with Gasteiger partial charge in [0.2, 0.25) is 0 Å². The molecular formula is C15H18N2O2S. The fourth-order valence-corrected chi connectivity index (χ4v) is 3.30. The SMILES string of the molecule is CC(C)(C)c1nnsc1C(O)c1ccc2c(c1)CCO2. The Hall–Kier alpha value is -1.46. The van der Waals surface area contributed by atoms with Crippen molar-refractivity contribution in [3.63, 3.8) is 0 Å². The van der Waals surface area contributed by atoms with Crippen LogP contribution in [0.15, 0.2) is 18.2 Å². The summed E-state index contributed by atoms with van der Waals surface area (Å²) >= 11 is 1.27. The summed E-state index contributed by atoms with van der Waals surface area (Å²) in [4.78, 5) is 0.830. The summed E-state index contributed by atoms with van der Waals surface area (Å²) in [6.45, 7) is 6.97. The molecule has 1 N–H and O–H groups in total. The van der Waals surface area contributed by atoms with Gasteiger partial charge in [-0.05, 0) is 34.8 Å². The highest BCUT2D eigenvalue weighted by Crippen LogP contribution is 2.35. The number of nitrogens with zero attached hydrogens (tertiary/aromatic N) is 2. The smallest absolute Gasteiger partial charge is 0.122 e. The summed E-state index contributed by atoms with van der Waals surface area (Å²) in [6, 6.07) is 5.88. The van der Waals surface area contributed by atoms with Crippen molar-refractivity contribution >= 4 is 11.5 Å². The van der Waals surface area contributed by atoms with E-state index >= 15 is 0 Å². The van der Waals surface area contributed by atoms with E-state index in [0.29, 0.717) is 0 Å². The lowest BCUT2D eigenvalue weighted by Crippen LogP contribution is -2.16. The normalized spacial score (nSPS) is 15.8. The third-order valence-electron chi connectivity index (χ3n) is 3.50. The number of rotatable bonds is 2. The van der Waals surface area contributed by atoms with Gasteiger partial charge in [0.05, 0.1) is 17.2 Å². The molecule has 1 atom stereocenters. The first kappa shape index (κ1) is 13.5.